The second-order valence-corrected chi connectivity index (χ2v) is 6.76. The summed E-state index contributed by atoms with van der Waals surface area (Å²) in [6.45, 7) is 4.45. The SMILES string of the molecule is CCCCc1ccc(-c2ccc3c(c2Br)CC(C)=C3)cc1. The van der Waals surface area contributed by atoms with Gasteiger partial charge in [-0.1, -0.05) is 61.4 Å². The van der Waals surface area contributed by atoms with Gasteiger partial charge in [0.2, 0.25) is 0 Å². The van der Waals surface area contributed by atoms with E-state index in [1.165, 1.54) is 57.1 Å². The fourth-order valence-corrected chi connectivity index (χ4v) is 3.73. The molecular weight excluding hydrogens is 320 g/mol. The van der Waals surface area contributed by atoms with E-state index in [0.717, 1.165) is 6.42 Å². The molecule has 0 spiro atoms. The van der Waals surface area contributed by atoms with Crippen LogP contribution in [0.15, 0.2) is 46.4 Å². The lowest BCUT2D eigenvalue weighted by molar-refractivity contribution is 0.795. The van der Waals surface area contributed by atoms with Gasteiger partial charge in [-0.2, -0.15) is 0 Å². The second-order valence-electron chi connectivity index (χ2n) is 5.96. The summed E-state index contributed by atoms with van der Waals surface area (Å²) in [6.07, 6.45) is 7.07. The summed E-state index contributed by atoms with van der Waals surface area (Å²) in [5, 5.41) is 0. The number of aryl methyl sites for hydroxylation is 1. The summed E-state index contributed by atoms with van der Waals surface area (Å²) in [5.41, 5.74) is 8.28. The van der Waals surface area contributed by atoms with Gasteiger partial charge in [0.05, 0.1) is 0 Å². The van der Waals surface area contributed by atoms with E-state index in [9.17, 15) is 0 Å². The Balaban J connectivity index is 1.90. The molecule has 0 aromatic heterocycles. The Morgan fingerprint density at radius 1 is 1.05 bits per heavy atom. The van der Waals surface area contributed by atoms with Gasteiger partial charge in [0, 0.05) is 4.47 Å². The van der Waals surface area contributed by atoms with Crippen LogP contribution in [0.1, 0.15) is 43.4 Å². The lowest BCUT2D eigenvalue weighted by Crippen LogP contribution is -1.90. The fraction of sp³-hybridized carbons (Fsp3) is 0.300. The Kier molecular flexibility index (Phi) is 4.30. The summed E-state index contributed by atoms with van der Waals surface area (Å²) >= 11 is 3.82. The first-order chi connectivity index (χ1) is 10.2. The minimum Gasteiger partial charge on any atom is -0.0683 e. The minimum atomic E-state index is 1.07. The predicted octanol–water partition coefficient (Wildman–Crippen LogP) is 6.42. The second kappa shape index (κ2) is 6.19. The molecule has 2 aromatic rings. The Morgan fingerprint density at radius 2 is 1.81 bits per heavy atom. The van der Waals surface area contributed by atoms with Crippen LogP contribution >= 0.6 is 15.9 Å². The number of allylic oxidation sites excluding steroid dienone is 1. The molecule has 21 heavy (non-hydrogen) atoms. The predicted molar refractivity (Wildman–Crippen MR) is 95.5 cm³/mol. The Hall–Kier alpha value is -1.34. The van der Waals surface area contributed by atoms with Gasteiger partial charge in [0.15, 0.2) is 0 Å². The highest BCUT2D eigenvalue weighted by atomic mass is 79.9. The third-order valence-corrected chi connectivity index (χ3v) is 5.13. The average molecular weight is 341 g/mol. The number of halogens is 1. The molecule has 0 unspecified atom stereocenters. The van der Waals surface area contributed by atoms with Gasteiger partial charge in [-0.3, -0.25) is 0 Å². The molecule has 0 radical (unpaired) electrons. The van der Waals surface area contributed by atoms with Gasteiger partial charge < -0.3 is 0 Å². The molecule has 1 aliphatic rings. The molecule has 0 saturated heterocycles. The summed E-state index contributed by atoms with van der Waals surface area (Å²) in [7, 11) is 0. The van der Waals surface area contributed by atoms with Crippen molar-refractivity contribution in [2.24, 2.45) is 0 Å². The van der Waals surface area contributed by atoms with Gasteiger partial charge in [-0.05, 0) is 69.9 Å². The molecule has 0 bridgehead atoms. The molecule has 0 amide bonds. The highest BCUT2D eigenvalue weighted by Crippen LogP contribution is 2.38. The van der Waals surface area contributed by atoms with E-state index in [1.807, 2.05) is 0 Å². The van der Waals surface area contributed by atoms with Crippen molar-refractivity contribution in [1.82, 2.24) is 0 Å². The molecule has 0 atom stereocenters. The maximum Gasteiger partial charge on any atom is 0.0294 e. The number of fused-ring (bicyclic) bond motifs is 1. The standard InChI is InChI=1S/C20H21Br/c1-3-4-5-15-6-8-16(9-7-15)18-11-10-17-12-14(2)13-19(17)20(18)21/h6-12H,3-5,13H2,1-2H3. The van der Waals surface area contributed by atoms with Crippen molar-refractivity contribution in [3.8, 4) is 11.1 Å². The first kappa shape index (κ1) is 14.6. The van der Waals surface area contributed by atoms with Crippen LogP contribution in [0.25, 0.3) is 17.2 Å². The molecule has 0 aliphatic heterocycles. The van der Waals surface area contributed by atoms with E-state index in [-0.39, 0.29) is 0 Å². The molecule has 0 nitrogen and oxygen atoms in total. The van der Waals surface area contributed by atoms with Crippen molar-refractivity contribution >= 4 is 22.0 Å². The van der Waals surface area contributed by atoms with Crippen molar-refractivity contribution in [1.29, 1.82) is 0 Å². The molecule has 2 aromatic carbocycles. The van der Waals surface area contributed by atoms with Crippen molar-refractivity contribution in [3.63, 3.8) is 0 Å². The van der Waals surface area contributed by atoms with Crippen molar-refractivity contribution in [2.75, 3.05) is 0 Å². The topological polar surface area (TPSA) is 0 Å². The quantitative estimate of drug-likeness (QED) is 0.602. The van der Waals surface area contributed by atoms with Gasteiger partial charge in [0.25, 0.3) is 0 Å². The Labute approximate surface area is 136 Å². The highest BCUT2D eigenvalue weighted by molar-refractivity contribution is 9.10. The maximum atomic E-state index is 3.82. The van der Waals surface area contributed by atoms with Gasteiger partial charge >= 0.3 is 0 Å². The third kappa shape index (κ3) is 2.98. The average Bonchev–Trinajstić information content (AvgIpc) is 2.88. The zero-order valence-corrected chi connectivity index (χ0v) is 14.3. The third-order valence-electron chi connectivity index (χ3n) is 4.22. The smallest absolute Gasteiger partial charge is 0.0294 e. The molecule has 0 fully saturated rings. The lowest BCUT2D eigenvalue weighted by atomic mass is 9.98. The molecule has 1 aliphatic carbocycles. The molecule has 0 heterocycles. The minimum absolute atomic E-state index is 1.07. The summed E-state index contributed by atoms with van der Waals surface area (Å²) in [6, 6.07) is 13.5. The summed E-state index contributed by atoms with van der Waals surface area (Å²) < 4.78 is 1.26. The number of hydrogen-bond donors (Lipinski definition) is 0. The fourth-order valence-electron chi connectivity index (χ4n) is 3.00. The molecule has 108 valence electrons. The van der Waals surface area contributed by atoms with Crippen LogP contribution in [0, 0.1) is 0 Å². The van der Waals surface area contributed by atoms with Crippen LogP contribution in [-0.2, 0) is 12.8 Å². The Bertz CT molecular complexity index is 678. The molecule has 3 rings (SSSR count). The first-order valence-electron chi connectivity index (χ1n) is 7.77. The van der Waals surface area contributed by atoms with Gasteiger partial charge in [-0.25, -0.2) is 0 Å². The molecule has 0 N–H and O–H groups in total. The van der Waals surface area contributed by atoms with Crippen LogP contribution in [0.4, 0.5) is 0 Å². The number of benzene rings is 2. The maximum absolute atomic E-state index is 3.82. The monoisotopic (exact) mass is 340 g/mol. The van der Waals surface area contributed by atoms with Crippen molar-refractivity contribution in [2.45, 2.75) is 39.5 Å². The van der Waals surface area contributed by atoms with Crippen LogP contribution in [0.2, 0.25) is 0 Å². The van der Waals surface area contributed by atoms with Gasteiger partial charge in [0.1, 0.15) is 0 Å². The normalized spacial score (nSPS) is 13.2. The highest BCUT2D eigenvalue weighted by Gasteiger charge is 2.16. The van der Waals surface area contributed by atoms with Crippen LogP contribution in [-0.4, -0.2) is 0 Å². The largest absolute Gasteiger partial charge is 0.0683 e. The number of unbranched alkanes of at least 4 members (excludes halogenated alkanes) is 1. The zero-order chi connectivity index (χ0) is 14.8. The summed E-state index contributed by atoms with van der Waals surface area (Å²) in [5.74, 6) is 0. The van der Waals surface area contributed by atoms with Crippen LogP contribution < -0.4 is 0 Å². The van der Waals surface area contributed by atoms with Crippen molar-refractivity contribution in [3.05, 3.63) is 63.1 Å². The molecular formula is C20H21Br. The number of rotatable bonds is 4. The van der Waals surface area contributed by atoms with E-state index in [4.69, 9.17) is 0 Å². The van der Waals surface area contributed by atoms with Crippen LogP contribution in [0.3, 0.4) is 0 Å². The number of hydrogen-bond acceptors (Lipinski definition) is 0. The molecule has 1 heteroatoms. The van der Waals surface area contributed by atoms with E-state index in [0.29, 0.717) is 0 Å². The first-order valence-corrected chi connectivity index (χ1v) is 8.56. The van der Waals surface area contributed by atoms with Gasteiger partial charge in [-0.15, -0.1) is 0 Å². The van der Waals surface area contributed by atoms with E-state index >= 15 is 0 Å². The lowest BCUT2D eigenvalue weighted by Gasteiger charge is -2.11. The molecule has 0 saturated carbocycles. The summed E-state index contributed by atoms with van der Waals surface area (Å²) in [4.78, 5) is 0. The zero-order valence-electron chi connectivity index (χ0n) is 12.7. The van der Waals surface area contributed by atoms with E-state index < -0.39 is 0 Å². The van der Waals surface area contributed by atoms with E-state index in [2.05, 4.69) is 72.3 Å². The van der Waals surface area contributed by atoms with Crippen molar-refractivity contribution < 1.29 is 0 Å². The van der Waals surface area contributed by atoms with E-state index in [1.54, 1.807) is 0 Å². The Morgan fingerprint density at radius 3 is 2.52 bits per heavy atom. The van der Waals surface area contributed by atoms with Crippen LogP contribution in [0.5, 0.6) is 0 Å².